The summed E-state index contributed by atoms with van der Waals surface area (Å²) in [7, 11) is 1.54. The molecule has 0 fully saturated rings. The molecule has 8 nitrogen and oxygen atoms in total. The van der Waals surface area contributed by atoms with Crippen molar-refractivity contribution in [3.8, 4) is 0 Å². The van der Waals surface area contributed by atoms with Crippen molar-refractivity contribution in [2.75, 3.05) is 40.9 Å². The Morgan fingerprint density at radius 1 is 0.596 bits per heavy atom. The summed E-state index contributed by atoms with van der Waals surface area (Å²) in [6.45, 7) is 4.69. The van der Waals surface area contributed by atoms with E-state index in [2.05, 4.69) is 67.8 Å². The summed E-state index contributed by atoms with van der Waals surface area (Å²) >= 11 is 0. The van der Waals surface area contributed by atoms with Gasteiger partial charge in [0.05, 0.1) is 39.9 Å². The Bertz CT molecular complexity index is 1110. The van der Waals surface area contributed by atoms with E-state index in [1.807, 2.05) is 27.2 Å². The first-order chi connectivity index (χ1) is 27.5. The molecular formula is C48H90N2O6P+. The minimum atomic E-state index is -4.34. The molecule has 3 N–H and O–H groups in total. The number of aliphatic hydroxyl groups excluding tert-OH is 1. The van der Waals surface area contributed by atoms with E-state index in [0.717, 1.165) is 51.4 Å². The molecule has 0 bridgehead atoms. The van der Waals surface area contributed by atoms with Crippen LogP contribution in [0.3, 0.4) is 0 Å². The number of hydrogen-bond acceptors (Lipinski definition) is 5. The minimum Gasteiger partial charge on any atom is -0.387 e. The van der Waals surface area contributed by atoms with Gasteiger partial charge in [-0.2, -0.15) is 0 Å². The van der Waals surface area contributed by atoms with Gasteiger partial charge in [-0.1, -0.05) is 177 Å². The zero-order valence-corrected chi connectivity index (χ0v) is 38.5. The average Bonchev–Trinajstić information content (AvgIpc) is 3.16. The van der Waals surface area contributed by atoms with Gasteiger partial charge in [-0.25, -0.2) is 4.57 Å². The number of allylic oxidation sites excluding steroid dienone is 9. The summed E-state index contributed by atoms with van der Waals surface area (Å²) in [6.07, 6.45) is 51.8. The van der Waals surface area contributed by atoms with E-state index in [9.17, 15) is 19.4 Å². The van der Waals surface area contributed by atoms with Gasteiger partial charge < -0.3 is 19.8 Å². The van der Waals surface area contributed by atoms with Gasteiger partial charge in [0.1, 0.15) is 13.2 Å². The van der Waals surface area contributed by atoms with Crippen LogP contribution in [0.25, 0.3) is 0 Å². The van der Waals surface area contributed by atoms with E-state index in [1.54, 1.807) is 6.08 Å². The number of aliphatic hydroxyl groups is 1. The quantitative estimate of drug-likeness (QED) is 0.0245. The first-order valence-corrected chi connectivity index (χ1v) is 24.7. The molecule has 0 rings (SSSR count). The molecule has 0 radical (unpaired) electrons. The normalized spacial score (nSPS) is 14.9. The molecule has 0 saturated heterocycles. The van der Waals surface area contributed by atoms with Crippen LogP contribution in [0.5, 0.6) is 0 Å². The molecule has 0 heterocycles. The number of phosphoric ester groups is 1. The number of hydrogen-bond donors (Lipinski definition) is 3. The molecule has 0 aliphatic heterocycles. The van der Waals surface area contributed by atoms with E-state index < -0.39 is 20.0 Å². The van der Waals surface area contributed by atoms with Crippen molar-refractivity contribution in [3.05, 3.63) is 60.8 Å². The standard InChI is InChI=1S/C48H89N2O6P/c1-6-8-10-12-14-16-17-18-19-20-21-22-23-24-25-26-27-28-29-30-31-32-33-34-36-38-40-42-48(52)49-46(45-56-57(53,54)55-44-43-50(3,4)5)47(51)41-39-37-35-15-13-11-9-7-2/h13,15,17-18,20-21,23-24,39,41,46-47,51H,6-12,14,16,19,22,25-38,40,42-45H2,1-5H3,(H-,49,52,53,54)/p+1/b15-13+,18-17-,21-20-,24-23-,41-39+. The number of unbranched alkanes of at least 4 members (excludes halogenated alkanes) is 20. The van der Waals surface area contributed by atoms with Crippen molar-refractivity contribution in [2.24, 2.45) is 0 Å². The minimum absolute atomic E-state index is 0.0533. The van der Waals surface area contributed by atoms with Crippen molar-refractivity contribution in [1.82, 2.24) is 5.32 Å². The van der Waals surface area contributed by atoms with Crippen molar-refractivity contribution in [2.45, 2.75) is 199 Å². The zero-order valence-electron chi connectivity index (χ0n) is 37.6. The number of quaternary nitrogens is 1. The monoisotopic (exact) mass is 822 g/mol. The molecule has 0 spiro atoms. The summed E-state index contributed by atoms with van der Waals surface area (Å²) in [6, 6.07) is -0.863. The van der Waals surface area contributed by atoms with E-state index in [1.165, 1.54) is 116 Å². The third-order valence-electron chi connectivity index (χ3n) is 9.96. The van der Waals surface area contributed by atoms with Gasteiger partial charge in [-0.15, -0.1) is 0 Å². The van der Waals surface area contributed by atoms with Crippen LogP contribution in [0.15, 0.2) is 60.8 Å². The highest BCUT2D eigenvalue weighted by molar-refractivity contribution is 7.47. The van der Waals surface area contributed by atoms with Crippen LogP contribution in [-0.4, -0.2) is 73.4 Å². The maximum atomic E-state index is 12.8. The molecule has 3 unspecified atom stereocenters. The number of likely N-dealkylation sites (N-methyl/N-ethyl adjacent to an activating group) is 1. The van der Waals surface area contributed by atoms with Gasteiger partial charge in [0.25, 0.3) is 0 Å². The van der Waals surface area contributed by atoms with Gasteiger partial charge in [0.15, 0.2) is 0 Å². The molecule has 0 aromatic rings. The van der Waals surface area contributed by atoms with Crippen LogP contribution in [0, 0.1) is 0 Å². The fourth-order valence-corrected chi connectivity index (χ4v) is 6.96. The third kappa shape index (κ3) is 42.1. The summed E-state index contributed by atoms with van der Waals surface area (Å²) in [5, 5.41) is 13.7. The highest BCUT2D eigenvalue weighted by Crippen LogP contribution is 2.43. The predicted octanol–water partition coefficient (Wildman–Crippen LogP) is 13.0. The summed E-state index contributed by atoms with van der Waals surface area (Å²) < 4.78 is 23.4. The number of nitrogens with one attached hydrogen (secondary N) is 1. The number of amides is 1. The maximum absolute atomic E-state index is 12.8. The molecular weight excluding hydrogens is 732 g/mol. The van der Waals surface area contributed by atoms with Crippen molar-refractivity contribution < 1.29 is 32.9 Å². The summed E-state index contributed by atoms with van der Waals surface area (Å²) in [5.74, 6) is -0.195. The van der Waals surface area contributed by atoms with Crippen LogP contribution in [0.2, 0.25) is 0 Å². The molecule has 332 valence electrons. The molecule has 0 aliphatic rings. The highest BCUT2D eigenvalue weighted by Gasteiger charge is 2.27. The van der Waals surface area contributed by atoms with Gasteiger partial charge in [0.2, 0.25) is 5.91 Å². The number of phosphoric acid groups is 1. The number of carbonyl (C=O) groups is 1. The fraction of sp³-hybridized carbons (Fsp3) is 0.771. The molecule has 57 heavy (non-hydrogen) atoms. The molecule has 0 aromatic heterocycles. The van der Waals surface area contributed by atoms with E-state index in [0.29, 0.717) is 17.4 Å². The lowest BCUT2D eigenvalue weighted by atomic mass is 10.0. The molecule has 0 aliphatic carbocycles. The second-order valence-electron chi connectivity index (χ2n) is 16.8. The van der Waals surface area contributed by atoms with Crippen LogP contribution in [-0.2, 0) is 18.4 Å². The predicted molar refractivity (Wildman–Crippen MR) is 244 cm³/mol. The lowest BCUT2D eigenvalue weighted by Crippen LogP contribution is -2.45. The summed E-state index contributed by atoms with van der Waals surface area (Å²) in [4.78, 5) is 23.0. The van der Waals surface area contributed by atoms with Gasteiger partial charge >= 0.3 is 7.82 Å². The van der Waals surface area contributed by atoms with Crippen molar-refractivity contribution in [3.63, 3.8) is 0 Å². The smallest absolute Gasteiger partial charge is 0.387 e. The maximum Gasteiger partial charge on any atom is 0.472 e. The Labute approximate surface area is 351 Å². The lowest BCUT2D eigenvalue weighted by molar-refractivity contribution is -0.870. The van der Waals surface area contributed by atoms with Crippen molar-refractivity contribution >= 4 is 13.7 Å². The lowest BCUT2D eigenvalue weighted by Gasteiger charge is -2.25. The Morgan fingerprint density at radius 2 is 1.04 bits per heavy atom. The summed E-state index contributed by atoms with van der Waals surface area (Å²) in [5.41, 5.74) is 0. The molecule has 3 atom stereocenters. The zero-order chi connectivity index (χ0) is 42.1. The van der Waals surface area contributed by atoms with E-state index in [-0.39, 0.29) is 19.1 Å². The molecule has 0 saturated carbocycles. The Hall–Kier alpha value is -1.80. The van der Waals surface area contributed by atoms with Crippen LogP contribution < -0.4 is 5.32 Å². The second-order valence-corrected chi connectivity index (χ2v) is 18.2. The third-order valence-corrected chi connectivity index (χ3v) is 10.9. The van der Waals surface area contributed by atoms with Gasteiger partial charge in [0, 0.05) is 6.42 Å². The van der Waals surface area contributed by atoms with Gasteiger partial charge in [-0.3, -0.25) is 13.8 Å². The van der Waals surface area contributed by atoms with Gasteiger partial charge in [-0.05, 0) is 64.2 Å². The average molecular weight is 822 g/mol. The Balaban J connectivity index is 4.12. The first kappa shape index (κ1) is 55.2. The fourth-order valence-electron chi connectivity index (χ4n) is 6.23. The number of rotatable bonds is 41. The largest absolute Gasteiger partial charge is 0.472 e. The van der Waals surface area contributed by atoms with Crippen LogP contribution in [0.4, 0.5) is 0 Å². The molecule has 9 heteroatoms. The SMILES string of the molecule is CCCC/C=C/CC/C=C/C(O)C(COP(=O)(O)OCC[N+](C)(C)C)NC(=O)CCCCCCCCCCCCCC/C=C\C/C=C\C/C=C\CCCCCCC. The Morgan fingerprint density at radius 3 is 1.58 bits per heavy atom. The van der Waals surface area contributed by atoms with E-state index in [4.69, 9.17) is 9.05 Å². The molecule has 1 amide bonds. The van der Waals surface area contributed by atoms with Crippen LogP contribution >= 0.6 is 7.82 Å². The van der Waals surface area contributed by atoms with Crippen molar-refractivity contribution in [1.29, 1.82) is 0 Å². The number of carbonyl (C=O) groups excluding carboxylic acids is 1. The topological polar surface area (TPSA) is 105 Å². The van der Waals surface area contributed by atoms with E-state index >= 15 is 0 Å². The first-order valence-electron chi connectivity index (χ1n) is 23.2. The number of nitrogens with zero attached hydrogens (tertiary/aromatic N) is 1. The highest BCUT2D eigenvalue weighted by atomic mass is 31.2. The molecule has 0 aromatic carbocycles. The Kier molecular flexibility index (Phi) is 38.4. The van der Waals surface area contributed by atoms with Crippen LogP contribution in [0.1, 0.15) is 187 Å². The second kappa shape index (κ2) is 39.6.